The van der Waals surface area contributed by atoms with Gasteiger partial charge in [0.1, 0.15) is 0 Å². The molecule has 0 radical (unpaired) electrons. The van der Waals surface area contributed by atoms with Crippen LogP contribution in [0.15, 0.2) is 121 Å². The lowest BCUT2D eigenvalue weighted by Gasteiger charge is -2.36. The molecule has 14 heteroatoms. The van der Waals surface area contributed by atoms with E-state index in [1.54, 1.807) is 0 Å². The highest BCUT2D eigenvalue weighted by Crippen LogP contribution is 2.19. The minimum atomic E-state index is -2.27. The summed E-state index contributed by atoms with van der Waals surface area (Å²) in [6, 6.07) is 42.1. The normalized spacial score (nSPS) is 16.8. The number of aliphatic hydroxyl groups excluding tert-OH is 4. The molecule has 58 heavy (non-hydrogen) atoms. The topological polar surface area (TPSA) is 168 Å². The summed E-state index contributed by atoms with van der Waals surface area (Å²) >= 11 is 3.63. The van der Waals surface area contributed by atoms with E-state index in [-0.39, 0.29) is 12.2 Å². The molecule has 0 spiro atoms. The van der Waals surface area contributed by atoms with Gasteiger partial charge in [-0.1, -0.05) is 97.1 Å². The van der Waals surface area contributed by atoms with Crippen molar-refractivity contribution in [3.63, 3.8) is 0 Å². The summed E-state index contributed by atoms with van der Waals surface area (Å²) in [7, 11) is 0. The Morgan fingerprint density at radius 1 is 0.466 bits per heavy atom. The monoisotopic (exact) mass is 834 g/mol. The predicted molar refractivity (Wildman–Crippen MR) is 235 cm³/mol. The lowest BCUT2D eigenvalue weighted by atomic mass is 10.2. The number of anilines is 2. The standard InChI is InChI=1S/2C20H26N2OS.C4H6O6/c2*23-20(17-24-16-18-7-3-1-4-8-18)15-21-11-13-22(14-12-21)19-9-5-2-6-10-19;5-1(3(7)8)2(6)4(9)10/h2*1-10,20,23H,11-17H2;1-2,5-6H,(H,7,8)(H,9,10). The van der Waals surface area contributed by atoms with Gasteiger partial charge in [-0.05, 0) is 35.4 Å². The Morgan fingerprint density at radius 2 is 0.759 bits per heavy atom. The van der Waals surface area contributed by atoms with E-state index < -0.39 is 24.1 Å². The van der Waals surface area contributed by atoms with E-state index in [1.165, 1.54) is 22.5 Å². The van der Waals surface area contributed by atoms with Crippen LogP contribution in [0.2, 0.25) is 0 Å². The van der Waals surface area contributed by atoms with E-state index in [0.29, 0.717) is 0 Å². The summed E-state index contributed by atoms with van der Waals surface area (Å²) in [5, 5.41) is 53.1. The zero-order chi connectivity index (χ0) is 41.5. The van der Waals surface area contributed by atoms with Gasteiger partial charge in [-0.15, -0.1) is 0 Å². The van der Waals surface area contributed by atoms with Crippen LogP contribution in [-0.4, -0.2) is 154 Å². The first kappa shape index (κ1) is 46.6. The highest BCUT2D eigenvalue weighted by molar-refractivity contribution is 7.98. The van der Waals surface area contributed by atoms with Crippen LogP contribution in [0, 0.1) is 0 Å². The molecule has 4 aromatic carbocycles. The zero-order valence-corrected chi connectivity index (χ0v) is 34.5. The molecule has 0 amide bonds. The fourth-order valence-electron chi connectivity index (χ4n) is 6.40. The van der Waals surface area contributed by atoms with Crippen LogP contribution in [0.4, 0.5) is 11.4 Å². The average Bonchev–Trinajstić information content (AvgIpc) is 3.25. The van der Waals surface area contributed by atoms with Gasteiger partial charge in [-0.3, -0.25) is 9.80 Å². The van der Waals surface area contributed by atoms with Crippen molar-refractivity contribution in [2.45, 2.75) is 35.9 Å². The van der Waals surface area contributed by atoms with Crippen LogP contribution in [0.3, 0.4) is 0 Å². The van der Waals surface area contributed by atoms with Crippen molar-refractivity contribution in [2.24, 2.45) is 0 Å². The molecule has 0 aromatic heterocycles. The molecule has 2 aliphatic heterocycles. The average molecular weight is 835 g/mol. The molecule has 4 unspecified atom stereocenters. The van der Waals surface area contributed by atoms with Crippen LogP contribution in [-0.2, 0) is 21.1 Å². The molecule has 12 nitrogen and oxygen atoms in total. The number of hydrogen-bond acceptors (Lipinski definition) is 12. The van der Waals surface area contributed by atoms with Crippen LogP contribution in [0.25, 0.3) is 0 Å². The second-order valence-electron chi connectivity index (χ2n) is 14.1. The number of benzene rings is 4. The second kappa shape index (κ2) is 26.1. The van der Waals surface area contributed by atoms with Gasteiger partial charge in [0, 0.05) is 99.8 Å². The summed E-state index contributed by atoms with van der Waals surface area (Å²) in [5.74, 6) is 0.00539. The number of piperazine rings is 2. The molecule has 4 atom stereocenters. The van der Waals surface area contributed by atoms with E-state index in [0.717, 1.165) is 88.5 Å². The number of thioether (sulfide) groups is 2. The Kier molecular flexibility index (Phi) is 20.9. The van der Waals surface area contributed by atoms with Gasteiger partial charge in [0.05, 0.1) is 12.2 Å². The Labute approximate surface area is 350 Å². The molecule has 6 N–H and O–H groups in total. The Morgan fingerprint density at radius 3 is 1.05 bits per heavy atom. The lowest BCUT2D eigenvalue weighted by Crippen LogP contribution is -2.48. The van der Waals surface area contributed by atoms with Crippen LogP contribution < -0.4 is 9.80 Å². The number of hydrogen-bond donors (Lipinski definition) is 6. The first-order valence-electron chi connectivity index (χ1n) is 19.5. The zero-order valence-electron chi connectivity index (χ0n) is 32.9. The van der Waals surface area contributed by atoms with Gasteiger partial charge in [-0.2, -0.15) is 23.5 Å². The fraction of sp³-hybridized carbons (Fsp3) is 0.409. The van der Waals surface area contributed by atoms with Gasteiger partial charge in [0.15, 0.2) is 12.2 Å². The number of carboxylic acid groups (broad SMARTS) is 2. The summed E-state index contributed by atoms with van der Waals surface area (Å²) < 4.78 is 0. The molecule has 2 saturated heterocycles. The van der Waals surface area contributed by atoms with Crippen LogP contribution in [0.1, 0.15) is 11.1 Å². The van der Waals surface area contributed by atoms with E-state index in [2.05, 4.69) is 129 Å². The number of β-amino-alcohol motifs (C(OH)–C–C–N with tert-alkyl or cyclic N) is 2. The molecule has 2 fully saturated rings. The van der Waals surface area contributed by atoms with Gasteiger partial charge in [-0.25, -0.2) is 9.59 Å². The van der Waals surface area contributed by atoms with Gasteiger partial charge < -0.3 is 40.4 Å². The Hall–Kier alpha value is -4.12. The molecule has 6 rings (SSSR count). The molecule has 314 valence electrons. The van der Waals surface area contributed by atoms with Crippen molar-refractivity contribution >= 4 is 46.8 Å². The summed E-state index contributed by atoms with van der Waals surface area (Å²) in [5.41, 5.74) is 5.25. The molecule has 0 saturated carbocycles. The number of rotatable bonds is 17. The predicted octanol–water partition coefficient (Wildman–Crippen LogP) is 4.08. The van der Waals surface area contributed by atoms with Crippen LogP contribution in [0.5, 0.6) is 0 Å². The minimum absolute atomic E-state index is 0.248. The Bertz CT molecular complexity index is 1580. The second-order valence-corrected chi connectivity index (χ2v) is 16.2. The maximum atomic E-state index is 10.3. The summed E-state index contributed by atoms with van der Waals surface area (Å²) in [6.45, 7) is 9.80. The number of para-hydroxylation sites is 2. The number of aliphatic hydroxyl groups is 4. The largest absolute Gasteiger partial charge is 0.479 e. The van der Waals surface area contributed by atoms with Gasteiger partial charge in [0.2, 0.25) is 0 Å². The number of carbonyl (C=O) groups is 2. The third-order valence-corrected chi connectivity index (χ3v) is 11.9. The van der Waals surface area contributed by atoms with Crippen molar-refractivity contribution < 1.29 is 40.2 Å². The quantitative estimate of drug-likeness (QED) is 0.0901. The third-order valence-electron chi connectivity index (χ3n) is 9.57. The smallest absolute Gasteiger partial charge is 0.335 e. The molecular formula is C44H58N4O8S2. The first-order chi connectivity index (χ1) is 28.1. The Balaban J connectivity index is 0.000000209. The molecular weight excluding hydrogens is 777 g/mol. The molecule has 2 aliphatic rings. The summed E-state index contributed by atoms with van der Waals surface area (Å²) in [6.07, 6.45) is -5.03. The first-order valence-corrected chi connectivity index (χ1v) is 21.9. The summed E-state index contributed by atoms with van der Waals surface area (Å²) in [4.78, 5) is 29.2. The van der Waals surface area contributed by atoms with Gasteiger partial charge >= 0.3 is 11.9 Å². The molecule has 4 aromatic rings. The van der Waals surface area contributed by atoms with Crippen molar-refractivity contribution in [3.8, 4) is 0 Å². The molecule has 2 heterocycles. The highest BCUT2D eigenvalue weighted by atomic mass is 32.2. The number of nitrogens with zero attached hydrogens (tertiary/aromatic N) is 4. The van der Waals surface area contributed by atoms with Crippen LogP contribution >= 0.6 is 23.5 Å². The van der Waals surface area contributed by atoms with Crippen molar-refractivity contribution in [1.29, 1.82) is 0 Å². The number of aliphatic carboxylic acids is 2. The van der Waals surface area contributed by atoms with E-state index in [9.17, 15) is 19.8 Å². The fourth-order valence-corrected chi connectivity index (χ4v) is 8.25. The SMILES string of the molecule is O=C(O)C(O)C(O)C(=O)O.OC(CSCc1ccccc1)CN1CCN(c2ccccc2)CC1.OC(CSCc1ccccc1)CN1CCN(c2ccccc2)CC1. The van der Waals surface area contributed by atoms with E-state index in [4.69, 9.17) is 20.4 Å². The molecule has 0 aliphatic carbocycles. The van der Waals surface area contributed by atoms with Crippen molar-refractivity contribution in [1.82, 2.24) is 9.80 Å². The minimum Gasteiger partial charge on any atom is -0.479 e. The lowest BCUT2D eigenvalue weighted by molar-refractivity contribution is -0.165. The van der Waals surface area contributed by atoms with Crippen molar-refractivity contribution in [3.05, 3.63) is 132 Å². The maximum Gasteiger partial charge on any atom is 0.335 e. The third kappa shape index (κ3) is 17.4. The molecule has 0 bridgehead atoms. The van der Waals surface area contributed by atoms with Crippen molar-refractivity contribution in [2.75, 3.05) is 86.8 Å². The number of carboxylic acids is 2. The van der Waals surface area contributed by atoms with E-state index >= 15 is 0 Å². The highest BCUT2D eigenvalue weighted by Gasteiger charge is 2.29. The maximum absolute atomic E-state index is 10.3. The van der Waals surface area contributed by atoms with E-state index in [1.807, 2.05) is 35.7 Å². The van der Waals surface area contributed by atoms with Gasteiger partial charge in [0.25, 0.3) is 0 Å².